The van der Waals surface area contributed by atoms with Gasteiger partial charge in [0.1, 0.15) is 0 Å². The van der Waals surface area contributed by atoms with Gasteiger partial charge in [-0.25, -0.2) is 8.42 Å². The minimum Gasteiger partial charge on any atom is -0.352 e. The minimum absolute atomic E-state index is 0.102. The smallest absolute Gasteiger partial charge is 0.237 e. The fraction of sp³-hybridized carbons (Fsp3) is 0.333. The zero-order chi connectivity index (χ0) is 21.2. The molecule has 1 heterocycles. The first-order chi connectivity index (χ1) is 13.7. The van der Waals surface area contributed by atoms with Crippen LogP contribution in [0.2, 0.25) is 0 Å². The van der Waals surface area contributed by atoms with Crippen LogP contribution in [0.15, 0.2) is 52.3 Å². The lowest BCUT2D eigenvalue weighted by molar-refractivity contribution is -0.124. The highest BCUT2D eigenvalue weighted by atomic mass is 32.2. The number of hydrogen-bond acceptors (Lipinski definition) is 5. The molecule has 29 heavy (non-hydrogen) atoms. The Balaban J connectivity index is 1.65. The summed E-state index contributed by atoms with van der Waals surface area (Å²) < 4.78 is 25.6. The van der Waals surface area contributed by atoms with Crippen molar-refractivity contribution in [3.63, 3.8) is 0 Å². The summed E-state index contributed by atoms with van der Waals surface area (Å²) >= 11 is 1.39. The molecular weight excluding hydrogens is 408 g/mol. The van der Waals surface area contributed by atoms with E-state index in [2.05, 4.69) is 10.6 Å². The van der Waals surface area contributed by atoms with Crippen molar-refractivity contribution in [2.75, 3.05) is 11.1 Å². The molecule has 8 heteroatoms. The Morgan fingerprint density at radius 3 is 2.59 bits per heavy atom. The average Bonchev–Trinajstić information content (AvgIpc) is 2.67. The monoisotopic (exact) mass is 432 g/mol. The summed E-state index contributed by atoms with van der Waals surface area (Å²) in [5, 5.41) is 5.31. The third-order valence-corrected chi connectivity index (χ3v) is 7.83. The van der Waals surface area contributed by atoms with Crippen molar-refractivity contribution in [1.82, 2.24) is 5.32 Å². The average molecular weight is 433 g/mol. The summed E-state index contributed by atoms with van der Waals surface area (Å²) in [6.45, 7) is 5.73. The summed E-state index contributed by atoms with van der Waals surface area (Å²) in [6, 6.07) is 12.5. The van der Waals surface area contributed by atoms with E-state index in [0.717, 1.165) is 16.0 Å². The number of rotatable bonds is 6. The summed E-state index contributed by atoms with van der Waals surface area (Å²) in [5.74, 6) is -1.47. The molecule has 1 aliphatic rings. The lowest BCUT2D eigenvalue weighted by Crippen LogP contribution is -2.32. The maximum Gasteiger partial charge on any atom is 0.237 e. The van der Waals surface area contributed by atoms with Crippen molar-refractivity contribution < 1.29 is 18.0 Å². The topological polar surface area (TPSA) is 92.3 Å². The van der Waals surface area contributed by atoms with Crippen LogP contribution in [-0.4, -0.2) is 31.2 Å². The van der Waals surface area contributed by atoms with Crippen LogP contribution in [0.25, 0.3) is 0 Å². The number of aryl methyl sites for hydroxylation is 1. The van der Waals surface area contributed by atoms with Crippen LogP contribution >= 0.6 is 11.8 Å². The summed E-state index contributed by atoms with van der Waals surface area (Å²) in [5.41, 5.74) is 2.58. The Hall–Kier alpha value is -2.32. The van der Waals surface area contributed by atoms with Crippen LogP contribution in [0.5, 0.6) is 0 Å². The molecule has 0 unspecified atom stereocenters. The van der Waals surface area contributed by atoms with E-state index in [4.69, 9.17) is 0 Å². The zero-order valence-corrected chi connectivity index (χ0v) is 18.2. The molecule has 0 aromatic heterocycles. The summed E-state index contributed by atoms with van der Waals surface area (Å²) in [6.07, 6.45) is 0. The first-order valence-electron chi connectivity index (χ1n) is 9.33. The van der Waals surface area contributed by atoms with E-state index in [0.29, 0.717) is 12.2 Å². The number of thioether (sulfide) groups is 1. The number of hydrogen-bond donors (Lipinski definition) is 2. The van der Waals surface area contributed by atoms with Crippen LogP contribution in [0.3, 0.4) is 0 Å². The lowest BCUT2D eigenvalue weighted by Gasteiger charge is -2.22. The highest BCUT2D eigenvalue weighted by Crippen LogP contribution is 2.37. The third-order valence-electron chi connectivity index (χ3n) is 4.75. The molecule has 2 aromatic carbocycles. The van der Waals surface area contributed by atoms with E-state index < -0.39 is 15.8 Å². The highest BCUT2D eigenvalue weighted by Gasteiger charge is 2.27. The van der Waals surface area contributed by atoms with Gasteiger partial charge in [0, 0.05) is 17.4 Å². The molecule has 0 radical (unpaired) electrons. The Labute approximate surface area is 175 Å². The molecule has 6 nitrogen and oxygen atoms in total. The quantitative estimate of drug-likeness (QED) is 0.732. The van der Waals surface area contributed by atoms with Gasteiger partial charge in [-0.15, -0.1) is 11.8 Å². The molecule has 2 aromatic rings. The molecule has 2 amide bonds. The molecule has 0 saturated carbocycles. The van der Waals surface area contributed by atoms with Crippen LogP contribution in [-0.2, 0) is 26.0 Å². The highest BCUT2D eigenvalue weighted by molar-refractivity contribution is 8.01. The molecule has 1 aliphatic heterocycles. The van der Waals surface area contributed by atoms with Gasteiger partial charge in [0.15, 0.2) is 9.84 Å². The normalized spacial score (nSPS) is 17.2. The second-order valence-electron chi connectivity index (χ2n) is 7.29. The van der Waals surface area contributed by atoms with E-state index >= 15 is 0 Å². The van der Waals surface area contributed by atoms with Crippen molar-refractivity contribution in [3.8, 4) is 0 Å². The summed E-state index contributed by atoms with van der Waals surface area (Å²) in [7, 11) is -3.68. The Morgan fingerprint density at radius 2 is 1.90 bits per heavy atom. The van der Waals surface area contributed by atoms with Crippen LogP contribution in [0.1, 0.15) is 25.0 Å². The molecule has 2 N–H and O–H groups in total. The van der Waals surface area contributed by atoms with Crippen LogP contribution in [0.4, 0.5) is 5.69 Å². The largest absolute Gasteiger partial charge is 0.352 e. The Kier molecular flexibility index (Phi) is 6.33. The number of sulfone groups is 1. The first kappa shape index (κ1) is 21.4. The standard InChI is InChI=1S/C21H24N2O4S2/c1-13-4-6-16(7-5-13)11-22-20(24)14(2)12-29(26,27)17-8-9-19-18(10-17)23-21(25)15(3)28-19/h4-10,14-15H,11-12H2,1-3H3,(H,22,24)(H,23,25)/t14-,15-/m0/s1. The van der Waals surface area contributed by atoms with Gasteiger partial charge in [-0.05, 0) is 37.6 Å². The maximum absolute atomic E-state index is 12.8. The molecule has 0 saturated heterocycles. The second-order valence-corrected chi connectivity index (χ2v) is 10.7. The van der Waals surface area contributed by atoms with Gasteiger partial charge in [-0.3, -0.25) is 9.59 Å². The van der Waals surface area contributed by atoms with Gasteiger partial charge in [0.25, 0.3) is 0 Å². The van der Waals surface area contributed by atoms with Gasteiger partial charge < -0.3 is 10.6 Å². The van der Waals surface area contributed by atoms with E-state index in [1.54, 1.807) is 19.9 Å². The molecule has 2 atom stereocenters. The number of benzene rings is 2. The van der Waals surface area contributed by atoms with Crippen molar-refractivity contribution in [2.45, 2.75) is 42.4 Å². The van der Waals surface area contributed by atoms with E-state index in [1.165, 1.54) is 23.9 Å². The fourth-order valence-electron chi connectivity index (χ4n) is 2.95. The predicted molar refractivity (Wildman–Crippen MR) is 115 cm³/mol. The molecule has 0 aliphatic carbocycles. The van der Waals surface area contributed by atoms with Crippen LogP contribution in [0, 0.1) is 12.8 Å². The van der Waals surface area contributed by atoms with Crippen LogP contribution < -0.4 is 10.6 Å². The number of carbonyl (C=O) groups excluding carboxylic acids is 2. The van der Waals surface area contributed by atoms with Gasteiger partial charge in [0.05, 0.1) is 21.6 Å². The van der Waals surface area contributed by atoms with Crippen molar-refractivity contribution >= 4 is 39.1 Å². The fourth-order valence-corrected chi connectivity index (χ4v) is 5.46. The SMILES string of the molecule is Cc1ccc(CNC(=O)[C@@H](C)CS(=O)(=O)c2ccc3c(c2)NC(=O)[C@H](C)S3)cc1. The molecule has 0 fully saturated rings. The number of nitrogens with one attached hydrogen (secondary N) is 2. The maximum atomic E-state index is 12.8. The third kappa shape index (κ3) is 5.19. The van der Waals surface area contributed by atoms with Gasteiger partial charge in [-0.2, -0.15) is 0 Å². The van der Waals surface area contributed by atoms with E-state index in [1.807, 2.05) is 31.2 Å². The second kappa shape index (κ2) is 8.59. The number of anilines is 1. The molecular formula is C21H24N2O4S2. The van der Waals surface area contributed by atoms with Crippen molar-refractivity contribution in [3.05, 3.63) is 53.6 Å². The molecule has 154 valence electrons. The number of fused-ring (bicyclic) bond motifs is 1. The molecule has 0 bridgehead atoms. The Morgan fingerprint density at radius 1 is 1.21 bits per heavy atom. The van der Waals surface area contributed by atoms with E-state index in [9.17, 15) is 18.0 Å². The summed E-state index contributed by atoms with van der Waals surface area (Å²) in [4.78, 5) is 25.2. The number of carbonyl (C=O) groups is 2. The van der Waals surface area contributed by atoms with Crippen molar-refractivity contribution in [1.29, 1.82) is 0 Å². The Bertz CT molecular complexity index is 1030. The van der Waals surface area contributed by atoms with Crippen molar-refractivity contribution in [2.24, 2.45) is 5.92 Å². The minimum atomic E-state index is -3.68. The molecule has 0 spiro atoms. The van der Waals surface area contributed by atoms with E-state index in [-0.39, 0.29) is 27.7 Å². The number of amides is 2. The van der Waals surface area contributed by atoms with Gasteiger partial charge >= 0.3 is 0 Å². The van der Waals surface area contributed by atoms with Gasteiger partial charge in [-0.1, -0.05) is 36.8 Å². The van der Waals surface area contributed by atoms with Gasteiger partial charge in [0.2, 0.25) is 11.8 Å². The predicted octanol–water partition coefficient (Wildman–Crippen LogP) is 3.15. The molecule has 3 rings (SSSR count). The first-order valence-corrected chi connectivity index (χ1v) is 11.9. The zero-order valence-electron chi connectivity index (χ0n) is 16.6. The lowest BCUT2D eigenvalue weighted by atomic mass is 10.1.